The molecule has 0 amide bonds. The summed E-state index contributed by atoms with van der Waals surface area (Å²) in [5.74, 6) is 0. The van der Waals surface area contributed by atoms with E-state index in [0.717, 1.165) is 12.8 Å². The standard InChI is InChI=1S/C10H20N2/c1-4-5-9(2,3)8(11)10(12)6-7-10/h4-5,8H,6-7,11-12H2,1-3H3/b5-4+. The molecule has 1 unspecified atom stereocenters. The molecule has 1 aliphatic carbocycles. The van der Waals surface area contributed by atoms with Gasteiger partial charge in [-0.05, 0) is 25.2 Å². The second-order valence-electron chi connectivity index (χ2n) is 4.53. The van der Waals surface area contributed by atoms with Gasteiger partial charge in [0.1, 0.15) is 0 Å². The van der Waals surface area contributed by atoms with E-state index in [4.69, 9.17) is 11.5 Å². The van der Waals surface area contributed by atoms with Crippen molar-refractivity contribution in [3.63, 3.8) is 0 Å². The van der Waals surface area contributed by atoms with Crippen LogP contribution in [0, 0.1) is 5.41 Å². The minimum atomic E-state index is -0.0803. The van der Waals surface area contributed by atoms with Crippen molar-refractivity contribution < 1.29 is 0 Å². The number of allylic oxidation sites excluding steroid dienone is 1. The Morgan fingerprint density at radius 2 is 1.92 bits per heavy atom. The van der Waals surface area contributed by atoms with Gasteiger partial charge in [-0.15, -0.1) is 0 Å². The third-order valence-electron chi connectivity index (χ3n) is 2.84. The van der Waals surface area contributed by atoms with E-state index in [-0.39, 0.29) is 17.0 Å². The number of nitrogens with two attached hydrogens (primary N) is 2. The molecule has 70 valence electrons. The zero-order valence-corrected chi connectivity index (χ0v) is 8.30. The lowest BCUT2D eigenvalue weighted by Gasteiger charge is -2.33. The Morgan fingerprint density at radius 3 is 2.25 bits per heavy atom. The highest BCUT2D eigenvalue weighted by molar-refractivity contribution is 5.15. The van der Waals surface area contributed by atoms with Crippen LogP contribution in [-0.2, 0) is 0 Å². The molecule has 0 aromatic carbocycles. The Bertz CT molecular complexity index is 190. The highest BCUT2D eigenvalue weighted by Gasteiger charge is 2.48. The van der Waals surface area contributed by atoms with Crippen molar-refractivity contribution >= 4 is 0 Å². The Kier molecular flexibility index (Phi) is 2.32. The van der Waals surface area contributed by atoms with E-state index in [1.165, 1.54) is 0 Å². The van der Waals surface area contributed by atoms with Crippen molar-refractivity contribution in [2.24, 2.45) is 16.9 Å². The largest absolute Gasteiger partial charge is 0.325 e. The van der Waals surface area contributed by atoms with Gasteiger partial charge in [0.05, 0.1) is 0 Å². The van der Waals surface area contributed by atoms with E-state index in [1.54, 1.807) is 0 Å². The van der Waals surface area contributed by atoms with E-state index in [2.05, 4.69) is 19.9 Å². The molecule has 12 heavy (non-hydrogen) atoms. The van der Waals surface area contributed by atoms with Crippen LogP contribution in [0.5, 0.6) is 0 Å². The fourth-order valence-corrected chi connectivity index (χ4v) is 1.73. The molecule has 1 atom stereocenters. The van der Waals surface area contributed by atoms with Gasteiger partial charge < -0.3 is 11.5 Å². The summed E-state index contributed by atoms with van der Waals surface area (Å²) in [4.78, 5) is 0. The molecule has 0 heterocycles. The smallest absolute Gasteiger partial charge is 0.0317 e. The lowest BCUT2D eigenvalue weighted by molar-refractivity contribution is 0.310. The molecule has 4 N–H and O–H groups in total. The van der Waals surface area contributed by atoms with Crippen LogP contribution >= 0.6 is 0 Å². The molecule has 0 aromatic heterocycles. The van der Waals surface area contributed by atoms with E-state index in [0.29, 0.717) is 0 Å². The first-order chi connectivity index (χ1) is 5.42. The van der Waals surface area contributed by atoms with Gasteiger partial charge >= 0.3 is 0 Å². The summed E-state index contributed by atoms with van der Waals surface area (Å²) in [7, 11) is 0. The topological polar surface area (TPSA) is 52.0 Å². The summed E-state index contributed by atoms with van der Waals surface area (Å²) < 4.78 is 0. The zero-order chi connectivity index (χ0) is 9.41. The molecule has 1 fully saturated rings. The Balaban J connectivity index is 2.67. The summed E-state index contributed by atoms with van der Waals surface area (Å²) in [6, 6.07) is 0.0844. The van der Waals surface area contributed by atoms with Crippen LogP contribution in [-0.4, -0.2) is 11.6 Å². The highest BCUT2D eigenvalue weighted by Crippen LogP contribution is 2.42. The van der Waals surface area contributed by atoms with Crippen LogP contribution in [0.1, 0.15) is 33.6 Å². The van der Waals surface area contributed by atoms with Crippen molar-refractivity contribution in [2.45, 2.75) is 45.2 Å². The van der Waals surface area contributed by atoms with E-state index in [9.17, 15) is 0 Å². The average molecular weight is 168 g/mol. The van der Waals surface area contributed by atoms with Gasteiger partial charge in [0, 0.05) is 11.6 Å². The van der Waals surface area contributed by atoms with Gasteiger partial charge in [-0.25, -0.2) is 0 Å². The van der Waals surface area contributed by atoms with Gasteiger partial charge in [-0.3, -0.25) is 0 Å². The monoisotopic (exact) mass is 168 g/mol. The number of hydrogen-bond acceptors (Lipinski definition) is 2. The molecule has 1 aliphatic rings. The van der Waals surface area contributed by atoms with Gasteiger partial charge in [0.2, 0.25) is 0 Å². The zero-order valence-electron chi connectivity index (χ0n) is 8.30. The van der Waals surface area contributed by atoms with Crippen LogP contribution < -0.4 is 11.5 Å². The van der Waals surface area contributed by atoms with Crippen LogP contribution in [0.15, 0.2) is 12.2 Å². The SMILES string of the molecule is C/C=C/C(C)(C)C(N)C1(N)CC1. The number of rotatable bonds is 3. The Hall–Kier alpha value is -0.340. The van der Waals surface area contributed by atoms with Crippen LogP contribution in [0.25, 0.3) is 0 Å². The summed E-state index contributed by atoms with van der Waals surface area (Å²) in [6.45, 7) is 6.31. The maximum atomic E-state index is 6.10. The summed E-state index contributed by atoms with van der Waals surface area (Å²) in [5.41, 5.74) is 12.1. The lowest BCUT2D eigenvalue weighted by Crippen LogP contribution is -2.52. The fourth-order valence-electron chi connectivity index (χ4n) is 1.73. The van der Waals surface area contributed by atoms with Crippen LogP contribution in [0.4, 0.5) is 0 Å². The van der Waals surface area contributed by atoms with Crippen molar-refractivity contribution in [1.29, 1.82) is 0 Å². The van der Waals surface area contributed by atoms with Crippen molar-refractivity contribution in [3.8, 4) is 0 Å². The van der Waals surface area contributed by atoms with Crippen molar-refractivity contribution in [3.05, 3.63) is 12.2 Å². The van der Waals surface area contributed by atoms with Crippen molar-refractivity contribution in [1.82, 2.24) is 0 Å². The normalized spacial score (nSPS) is 24.4. The molecule has 0 radical (unpaired) electrons. The first-order valence-corrected chi connectivity index (χ1v) is 4.61. The second-order valence-corrected chi connectivity index (χ2v) is 4.53. The van der Waals surface area contributed by atoms with E-state index in [1.807, 2.05) is 13.0 Å². The first kappa shape index (κ1) is 9.75. The van der Waals surface area contributed by atoms with Crippen LogP contribution in [0.3, 0.4) is 0 Å². The maximum absolute atomic E-state index is 6.10. The second kappa shape index (κ2) is 2.86. The van der Waals surface area contributed by atoms with Gasteiger partial charge in [-0.1, -0.05) is 26.0 Å². The van der Waals surface area contributed by atoms with Gasteiger partial charge in [0.15, 0.2) is 0 Å². The number of hydrogen-bond donors (Lipinski definition) is 2. The van der Waals surface area contributed by atoms with Crippen LogP contribution in [0.2, 0.25) is 0 Å². The average Bonchev–Trinajstić information content (AvgIpc) is 2.68. The van der Waals surface area contributed by atoms with E-state index < -0.39 is 0 Å². The Morgan fingerprint density at radius 1 is 1.42 bits per heavy atom. The van der Waals surface area contributed by atoms with Gasteiger partial charge in [0.25, 0.3) is 0 Å². The summed E-state index contributed by atoms with van der Waals surface area (Å²) >= 11 is 0. The van der Waals surface area contributed by atoms with Crippen molar-refractivity contribution in [2.75, 3.05) is 0 Å². The quantitative estimate of drug-likeness (QED) is 0.626. The molecular weight excluding hydrogens is 148 g/mol. The summed E-state index contributed by atoms with van der Waals surface area (Å²) in [6.07, 6.45) is 6.35. The molecule has 1 saturated carbocycles. The summed E-state index contributed by atoms with van der Waals surface area (Å²) in [5, 5.41) is 0. The molecular formula is C10H20N2. The molecule has 0 bridgehead atoms. The Labute approximate surface area is 75.0 Å². The lowest BCUT2D eigenvalue weighted by atomic mass is 9.79. The van der Waals surface area contributed by atoms with Gasteiger partial charge in [-0.2, -0.15) is 0 Å². The molecule has 1 rings (SSSR count). The molecule has 0 aliphatic heterocycles. The fraction of sp³-hybridized carbons (Fsp3) is 0.800. The molecule has 0 spiro atoms. The molecule has 2 nitrogen and oxygen atoms in total. The minimum Gasteiger partial charge on any atom is -0.325 e. The van der Waals surface area contributed by atoms with E-state index >= 15 is 0 Å². The highest BCUT2D eigenvalue weighted by atomic mass is 14.9. The molecule has 2 heteroatoms. The predicted octanol–water partition coefficient (Wildman–Crippen LogP) is 1.41. The molecule has 0 saturated heterocycles. The first-order valence-electron chi connectivity index (χ1n) is 4.61. The minimum absolute atomic E-state index is 0.0278. The third kappa shape index (κ3) is 1.70. The predicted molar refractivity (Wildman–Crippen MR) is 52.7 cm³/mol. The maximum Gasteiger partial charge on any atom is 0.0317 e. The molecule has 0 aromatic rings. The third-order valence-corrected chi connectivity index (χ3v) is 2.84.